The van der Waals surface area contributed by atoms with Crippen molar-refractivity contribution in [3.63, 3.8) is 0 Å². The fraction of sp³-hybridized carbons (Fsp3) is 0.364. The minimum absolute atomic E-state index is 0.0446. The minimum atomic E-state index is -0.0446. The van der Waals surface area contributed by atoms with Crippen LogP contribution in [0.15, 0.2) is 24.3 Å². The molecule has 0 radical (unpaired) electrons. The van der Waals surface area contributed by atoms with E-state index < -0.39 is 0 Å². The van der Waals surface area contributed by atoms with Crippen LogP contribution < -0.4 is 0 Å². The van der Waals surface area contributed by atoms with Crippen LogP contribution in [0.4, 0.5) is 0 Å². The molecule has 0 aromatic heterocycles. The first kappa shape index (κ1) is 9.76. The van der Waals surface area contributed by atoms with Gasteiger partial charge in [0.15, 0.2) is 0 Å². The molecule has 0 aliphatic heterocycles. The van der Waals surface area contributed by atoms with E-state index in [1.807, 2.05) is 31.2 Å². The molecule has 1 atom stereocenters. The van der Waals surface area contributed by atoms with Gasteiger partial charge in [-0.2, -0.15) is 5.26 Å². The highest BCUT2D eigenvalue weighted by Gasteiger charge is 2.03. The number of methoxy groups -OCH3 is 1. The quantitative estimate of drug-likeness (QED) is 0.707. The van der Waals surface area contributed by atoms with Crippen LogP contribution in [0.5, 0.6) is 0 Å². The molecule has 0 bridgehead atoms. The van der Waals surface area contributed by atoms with Gasteiger partial charge in [0.05, 0.1) is 18.6 Å². The maximum absolute atomic E-state index is 8.73. The fourth-order valence-corrected chi connectivity index (χ4v) is 1.19. The lowest BCUT2D eigenvalue weighted by atomic mass is 10.0. The van der Waals surface area contributed by atoms with Gasteiger partial charge in [-0.05, 0) is 18.1 Å². The van der Waals surface area contributed by atoms with E-state index in [1.165, 1.54) is 0 Å². The smallest absolute Gasteiger partial charge is 0.0713 e. The molecule has 2 nitrogen and oxygen atoms in total. The standard InChI is InChI=1S/C11H13NO/c1-9(7-12)11-5-3-4-10(6-11)8-13-2/h3-6,9H,8H2,1-2H3. The van der Waals surface area contributed by atoms with Crippen LogP contribution in [0.25, 0.3) is 0 Å². The largest absolute Gasteiger partial charge is 0.380 e. The summed E-state index contributed by atoms with van der Waals surface area (Å²) >= 11 is 0. The number of nitriles is 1. The van der Waals surface area contributed by atoms with Crippen LogP contribution in [0.3, 0.4) is 0 Å². The first-order chi connectivity index (χ1) is 6.27. The Morgan fingerprint density at radius 3 is 2.92 bits per heavy atom. The first-order valence-corrected chi connectivity index (χ1v) is 4.25. The predicted molar refractivity (Wildman–Crippen MR) is 51.2 cm³/mol. The Hall–Kier alpha value is -1.33. The van der Waals surface area contributed by atoms with Gasteiger partial charge in [-0.3, -0.25) is 0 Å². The molecule has 0 fully saturated rings. The summed E-state index contributed by atoms with van der Waals surface area (Å²) in [6.07, 6.45) is 0. The second kappa shape index (κ2) is 4.64. The minimum Gasteiger partial charge on any atom is -0.380 e. The van der Waals surface area contributed by atoms with Crippen molar-refractivity contribution in [3.05, 3.63) is 35.4 Å². The average Bonchev–Trinajstić information content (AvgIpc) is 2.18. The van der Waals surface area contributed by atoms with Gasteiger partial charge < -0.3 is 4.74 Å². The Morgan fingerprint density at radius 2 is 2.31 bits per heavy atom. The van der Waals surface area contributed by atoms with Crippen molar-refractivity contribution in [2.45, 2.75) is 19.4 Å². The summed E-state index contributed by atoms with van der Waals surface area (Å²) < 4.78 is 5.01. The Kier molecular flexibility index (Phi) is 3.48. The van der Waals surface area contributed by atoms with Gasteiger partial charge in [-0.15, -0.1) is 0 Å². The fourth-order valence-electron chi connectivity index (χ4n) is 1.19. The molecule has 0 saturated heterocycles. The summed E-state index contributed by atoms with van der Waals surface area (Å²) in [6.45, 7) is 2.50. The van der Waals surface area contributed by atoms with Crippen LogP contribution in [0.2, 0.25) is 0 Å². The predicted octanol–water partition coefficient (Wildman–Crippen LogP) is 2.46. The van der Waals surface area contributed by atoms with E-state index in [0.29, 0.717) is 6.61 Å². The molecular weight excluding hydrogens is 162 g/mol. The van der Waals surface area contributed by atoms with E-state index in [1.54, 1.807) is 7.11 Å². The number of hydrogen-bond acceptors (Lipinski definition) is 2. The number of hydrogen-bond donors (Lipinski definition) is 0. The molecule has 0 amide bonds. The number of ether oxygens (including phenoxy) is 1. The van der Waals surface area contributed by atoms with E-state index in [0.717, 1.165) is 11.1 Å². The molecule has 1 unspecified atom stereocenters. The van der Waals surface area contributed by atoms with E-state index >= 15 is 0 Å². The monoisotopic (exact) mass is 175 g/mol. The molecule has 0 heterocycles. The number of nitrogens with zero attached hydrogens (tertiary/aromatic N) is 1. The first-order valence-electron chi connectivity index (χ1n) is 4.25. The van der Waals surface area contributed by atoms with Crippen molar-refractivity contribution in [1.82, 2.24) is 0 Å². The highest BCUT2D eigenvalue weighted by atomic mass is 16.5. The zero-order valence-electron chi connectivity index (χ0n) is 7.95. The Bertz CT molecular complexity index is 314. The van der Waals surface area contributed by atoms with Crippen LogP contribution >= 0.6 is 0 Å². The highest BCUT2D eigenvalue weighted by Crippen LogP contribution is 2.15. The topological polar surface area (TPSA) is 33.0 Å². The number of rotatable bonds is 3. The summed E-state index contributed by atoms with van der Waals surface area (Å²) in [7, 11) is 1.67. The summed E-state index contributed by atoms with van der Waals surface area (Å²) in [6, 6.07) is 10.1. The van der Waals surface area contributed by atoms with E-state index in [2.05, 4.69) is 6.07 Å². The van der Waals surface area contributed by atoms with Crippen molar-refractivity contribution in [2.75, 3.05) is 7.11 Å². The van der Waals surface area contributed by atoms with Gasteiger partial charge in [0, 0.05) is 7.11 Å². The van der Waals surface area contributed by atoms with Crippen molar-refractivity contribution >= 4 is 0 Å². The SMILES string of the molecule is COCc1cccc(C(C)C#N)c1. The van der Waals surface area contributed by atoms with Crippen molar-refractivity contribution < 1.29 is 4.74 Å². The highest BCUT2D eigenvalue weighted by molar-refractivity contribution is 5.28. The Labute approximate surface area is 78.8 Å². The summed E-state index contributed by atoms with van der Waals surface area (Å²) in [5, 5.41) is 8.73. The zero-order chi connectivity index (χ0) is 9.68. The molecule has 13 heavy (non-hydrogen) atoms. The van der Waals surface area contributed by atoms with Gasteiger partial charge in [-0.25, -0.2) is 0 Å². The Morgan fingerprint density at radius 1 is 1.54 bits per heavy atom. The van der Waals surface area contributed by atoms with Crippen LogP contribution in [0.1, 0.15) is 24.0 Å². The molecule has 0 aliphatic rings. The lowest BCUT2D eigenvalue weighted by molar-refractivity contribution is 0.185. The second-order valence-corrected chi connectivity index (χ2v) is 3.03. The van der Waals surface area contributed by atoms with Crippen LogP contribution in [0, 0.1) is 11.3 Å². The molecule has 1 rings (SSSR count). The molecule has 0 spiro atoms. The third-order valence-corrected chi connectivity index (χ3v) is 1.96. The maximum atomic E-state index is 8.73. The summed E-state index contributed by atoms with van der Waals surface area (Å²) in [5.41, 5.74) is 2.17. The molecule has 68 valence electrons. The average molecular weight is 175 g/mol. The van der Waals surface area contributed by atoms with Gasteiger partial charge in [-0.1, -0.05) is 24.3 Å². The van der Waals surface area contributed by atoms with Crippen molar-refractivity contribution in [3.8, 4) is 6.07 Å². The van der Waals surface area contributed by atoms with Gasteiger partial charge in [0.1, 0.15) is 0 Å². The van der Waals surface area contributed by atoms with E-state index in [4.69, 9.17) is 10.00 Å². The summed E-state index contributed by atoms with van der Waals surface area (Å²) in [5.74, 6) is -0.0446. The van der Waals surface area contributed by atoms with Crippen LogP contribution in [-0.2, 0) is 11.3 Å². The zero-order valence-corrected chi connectivity index (χ0v) is 7.95. The van der Waals surface area contributed by atoms with Crippen LogP contribution in [-0.4, -0.2) is 7.11 Å². The molecule has 0 N–H and O–H groups in total. The lowest BCUT2D eigenvalue weighted by Gasteiger charge is -2.05. The molecular formula is C11H13NO. The van der Waals surface area contributed by atoms with E-state index in [9.17, 15) is 0 Å². The maximum Gasteiger partial charge on any atom is 0.0713 e. The van der Waals surface area contributed by atoms with Crippen molar-refractivity contribution in [1.29, 1.82) is 5.26 Å². The van der Waals surface area contributed by atoms with Gasteiger partial charge in [0.2, 0.25) is 0 Å². The third kappa shape index (κ3) is 2.57. The van der Waals surface area contributed by atoms with Gasteiger partial charge >= 0.3 is 0 Å². The molecule has 1 aromatic rings. The summed E-state index contributed by atoms with van der Waals surface area (Å²) in [4.78, 5) is 0. The van der Waals surface area contributed by atoms with Gasteiger partial charge in [0.25, 0.3) is 0 Å². The lowest BCUT2D eigenvalue weighted by Crippen LogP contribution is -1.93. The third-order valence-electron chi connectivity index (χ3n) is 1.96. The Balaban J connectivity index is 2.86. The van der Waals surface area contributed by atoms with E-state index in [-0.39, 0.29) is 5.92 Å². The second-order valence-electron chi connectivity index (χ2n) is 3.03. The molecule has 1 aromatic carbocycles. The number of benzene rings is 1. The molecule has 0 aliphatic carbocycles. The normalized spacial score (nSPS) is 12.1. The molecule has 2 heteroatoms. The van der Waals surface area contributed by atoms with Crippen molar-refractivity contribution in [2.24, 2.45) is 0 Å². The molecule has 0 saturated carbocycles.